The van der Waals surface area contributed by atoms with Crippen LogP contribution in [-0.4, -0.2) is 105 Å². The molecule has 0 spiro atoms. The van der Waals surface area contributed by atoms with E-state index in [9.17, 15) is 25.5 Å². The molecule has 8 heteroatoms. The lowest BCUT2D eigenvalue weighted by atomic mass is 9.90. The molecule has 0 amide bonds. The molecular weight excluding hydrogens is 350 g/mol. The molecule has 3 fully saturated rings. The van der Waals surface area contributed by atoms with Crippen molar-refractivity contribution in [2.24, 2.45) is 5.92 Å². The smallest absolute Gasteiger partial charge is 0.163 e. The van der Waals surface area contributed by atoms with Crippen LogP contribution in [0.4, 0.5) is 0 Å². The van der Waals surface area contributed by atoms with E-state index < -0.39 is 30.7 Å². The number of hydrogen-bond donors (Lipinski definition) is 6. The summed E-state index contributed by atoms with van der Waals surface area (Å²) in [5.41, 5.74) is 0. The number of rotatable bonds is 6. The number of β-amino-alcohol motifs (C(OH)–C–C–N with tert-alkyl or cyclic N) is 1. The van der Waals surface area contributed by atoms with E-state index in [1.165, 1.54) is 19.3 Å². The quantitative estimate of drug-likeness (QED) is 0.310. The number of likely N-dealkylation sites (tertiary alicyclic amines) is 2. The number of aliphatic hydroxyl groups is 5. The summed E-state index contributed by atoms with van der Waals surface area (Å²) in [7, 11) is 0. The van der Waals surface area contributed by atoms with Gasteiger partial charge in [-0.15, -0.1) is 0 Å². The van der Waals surface area contributed by atoms with Crippen molar-refractivity contribution in [2.75, 3.05) is 32.8 Å². The Morgan fingerprint density at radius 2 is 1.59 bits per heavy atom. The van der Waals surface area contributed by atoms with Crippen LogP contribution in [0.25, 0.3) is 0 Å². The van der Waals surface area contributed by atoms with Gasteiger partial charge in [-0.25, -0.2) is 0 Å². The van der Waals surface area contributed by atoms with Gasteiger partial charge in [0.1, 0.15) is 12.2 Å². The van der Waals surface area contributed by atoms with Crippen molar-refractivity contribution in [3.63, 3.8) is 0 Å². The molecule has 1 unspecified atom stereocenters. The van der Waals surface area contributed by atoms with E-state index in [0.717, 1.165) is 38.8 Å². The second-order valence-electron chi connectivity index (χ2n) is 8.61. The van der Waals surface area contributed by atoms with E-state index >= 15 is 0 Å². The van der Waals surface area contributed by atoms with Gasteiger partial charge in [0.2, 0.25) is 0 Å². The van der Waals surface area contributed by atoms with Gasteiger partial charge in [-0.05, 0) is 31.6 Å². The zero-order valence-corrected chi connectivity index (χ0v) is 16.2. The maximum atomic E-state index is 10.5. The molecule has 0 aromatic rings. The highest BCUT2D eigenvalue weighted by atomic mass is 16.4. The standard InChI is InChI=1S/C19H37N3O5/c23-12-15-17(25)18(26)16(24)11-22(15)10-13-6-8-21(9-7-13)19(27)20-14-4-2-1-3-5-14/h13-20,23-27H,1-12H2/t15-,16+,17-,18-,19?/m1/s1. The molecular formula is C19H37N3O5. The van der Waals surface area contributed by atoms with Crippen LogP contribution in [0.5, 0.6) is 0 Å². The van der Waals surface area contributed by atoms with Crippen molar-refractivity contribution >= 4 is 0 Å². The maximum absolute atomic E-state index is 10.5. The Labute approximate surface area is 161 Å². The summed E-state index contributed by atoms with van der Waals surface area (Å²) < 4.78 is 0. The maximum Gasteiger partial charge on any atom is 0.163 e. The Hall–Kier alpha value is -0.320. The molecule has 0 radical (unpaired) electrons. The van der Waals surface area contributed by atoms with Crippen molar-refractivity contribution in [3.8, 4) is 0 Å². The molecule has 1 saturated carbocycles. The predicted molar refractivity (Wildman–Crippen MR) is 101 cm³/mol. The minimum atomic E-state index is -1.21. The molecule has 2 saturated heterocycles. The second kappa shape index (κ2) is 9.93. The van der Waals surface area contributed by atoms with Crippen LogP contribution in [0.1, 0.15) is 44.9 Å². The van der Waals surface area contributed by atoms with Crippen molar-refractivity contribution in [1.82, 2.24) is 15.1 Å². The molecule has 0 aromatic heterocycles. The zero-order chi connectivity index (χ0) is 19.4. The number of aliphatic hydroxyl groups excluding tert-OH is 5. The summed E-state index contributed by atoms with van der Waals surface area (Å²) in [5.74, 6) is 0.381. The largest absolute Gasteiger partial charge is 0.395 e. The predicted octanol–water partition coefficient (Wildman–Crippen LogP) is -1.34. The highest BCUT2D eigenvalue weighted by Gasteiger charge is 2.41. The van der Waals surface area contributed by atoms with Crippen LogP contribution < -0.4 is 5.32 Å². The summed E-state index contributed by atoms with van der Waals surface area (Å²) in [5, 5.41) is 53.3. The van der Waals surface area contributed by atoms with Gasteiger partial charge >= 0.3 is 0 Å². The Bertz CT molecular complexity index is 443. The van der Waals surface area contributed by atoms with Gasteiger partial charge in [-0.1, -0.05) is 19.3 Å². The third-order valence-corrected chi connectivity index (χ3v) is 6.69. The SMILES string of the molecule is OC[C@@H]1[C@@H](O)[C@H](O)[C@@H](O)CN1CC1CCN(C(O)NC2CCCCC2)CC1. The van der Waals surface area contributed by atoms with E-state index in [1.54, 1.807) is 0 Å². The van der Waals surface area contributed by atoms with Crippen molar-refractivity contribution < 1.29 is 25.5 Å². The average molecular weight is 388 g/mol. The van der Waals surface area contributed by atoms with Gasteiger partial charge in [0.05, 0.1) is 18.8 Å². The Morgan fingerprint density at radius 1 is 0.926 bits per heavy atom. The van der Waals surface area contributed by atoms with E-state index in [1.807, 2.05) is 4.90 Å². The Balaban J connectivity index is 1.44. The molecule has 8 nitrogen and oxygen atoms in total. The lowest BCUT2D eigenvalue weighted by Gasteiger charge is -2.45. The zero-order valence-electron chi connectivity index (χ0n) is 16.2. The minimum absolute atomic E-state index is 0.242. The normalized spacial score (nSPS) is 36.8. The summed E-state index contributed by atoms with van der Waals surface area (Å²) in [6.45, 7) is 2.29. The number of piperidine rings is 2. The van der Waals surface area contributed by atoms with Gasteiger partial charge in [0.25, 0.3) is 0 Å². The molecule has 0 aromatic carbocycles. The molecule has 3 aliphatic rings. The molecule has 0 bridgehead atoms. The van der Waals surface area contributed by atoms with Crippen LogP contribution >= 0.6 is 0 Å². The highest BCUT2D eigenvalue weighted by Crippen LogP contribution is 2.25. The van der Waals surface area contributed by atoms with E-state index in [0.29, 0.717) is 18.5 Å². The third-order valence-electron chi connectivity index (χ3n) is 6.69. The number of nitrogens with one attached hydrogen (secondary N) is 1. The van der Waals surface area contributed by atoms with Gasteiger partial charge < -0.3 is 25.5 Å². The highest BCUT2D eigenvalue weighted by molar-refractivity contribution is 4.95. The minimum Gasteiger partial charge on any atom is -0.395 e. The first kappa shape index (κ1) is 21.4. The molecule has 1 aliphatic carbocycles. The molecule has 6 N–H and O–H groups in total. The van der Waals surface area contributed by atoms with Crippen LogP contribution in [0, 0.1) is 5.92 Å². The first-order valence-electron chi connectivity index (χ1n) is 10.6. The van der Waals surface area contributed by atoms with Crippen molar-refractivity contribution in [1.29, 1.82) is 0 Å². The molecule has 2 aliphatic heterocycles. The molecule has 2 heterocycles. The van der Waals surface area contributed by atoms with Crippen LogP contribution in [0.15, 0.2) is 0 Å². The second-order valence-corrected chi connectivity index (χ2v) is 8.61. The summed E-state index contributed by atoms with van der Waals surface area (Å²) in [6.07, 6.45) is 3.97. The van der Waals surface area contributed by atoms with Crippen LogP contribution in [0.2, 0.25) is 0 Å². The fraction of sp³-hybridized carbons (Fsp3) is 1.00. The van der Waals surface area contributed by atoms with E-state index in [4.69, 9.17) is 0 Å². The van der Waals surface area contributed by atoms with Crippen LogP contribution in [-0.2, 0) is 0 Å². The lowest BCUT2D eigenvalue weighted by molar-refractivity contribution is -0.149. The monoisotopic (exact) mass is 387 g/mol. The Kier molecular flexibility index (Phi) is 7.87. The number of nitrogens with zero attached hydrogens (tertiary/aromatic N) is 2. The van der Waals surface area contributed by atoms with Crippen molar-refractivity contribution in [3.05, 3.63) is 0 Å². The topological polar surface area (TPSA) is 120 Å². The summed E-state index contributed by atoms with van der Waals surface area (Å²) in [6, 6.07) is -0.125. The third kappa shape index (κ3) is 5.39. The van der Waals surface area contributed by atoms with Gasteiger partial charge in [0, 0.05) is 32.2 Å². The summed E-state index contributed by atoms with van der Waals surface area (Å²) >= 11 is 0. The fourth-order valence-corrected chi connectivity index (χ4v) is 4.89. The summed E-state index contributed by atoms with van der Waals surface area (Å²) in [4.78, 5) is 3.98. The fourth-order valence-electron chi connectivity index (χ4n) is 4.89. The lowest BCUT2D eigenvalue weighted by Crippen LogP contribution is -2.63. The van der Waals surface area contributed by atoms with E-state index in [-0.39, 0.29) is 13.2 Å². The average Bonchev–Trinajstić information content (AvgIpc) is 2.68. The number of hydrogen-bond acceptors (Lipinski definition) is 8. The molecule has 3 rings (SSSR count). The first-order chi connectivity index (χ1) is 13.0. The van der Waals surface area contributed by atoms with Crippen LogP contribution in [0.3, 0.4) is 0 Å². The van der Waals surface area contributed by atoms with Gasteiger partial charge in [-0.2, -0.15) is 0 Å². The Morgan fingerprint density at radius 3 is 2.22 bits per heavy atom. The van der Waals surface area contributed by atoms with Gasteiger partial charge in [0.15, 0.2) is 6.35 Å². The first-order valence-corrected chi connectivity index (χ1v) is 10.6. The molecule has 27 heavy (non-hydrogen) atoms. The van der Waals surface area contributed by atoms with Gasteiger partial charge in [-0.3, -0.25) is 15.1 Å². The van der Waals surface area contributed by atoms with E-state index in [2.05, 4.69) is 10.2 Å². The molecule has 5 atom stereocenters. The van der Waals surface area contributed by atoms with Crippen molar-refractivity contribution in [2.45, 2.75) is 81.7 Å². The molecule has 158 valence electrons.